The van der Waals surface area contributed by atoms with Crippen LogP contribution < -0.4 is 0 Å². The van der Waals surface area contributed by atoms with E-state index in [2.05, 4.69) is 26.0 Å². The highest BCUT2D eigenvalue weighted by molar-refractivity contribution is 5.79. The van der Waals surface area contributed by atoms with E-state index in [0.29, 0.717) is 5.92 Å². The lowest BCUT2D eigenvalue weighted by Crippen LogP contribution is -2.07. The summed E-state index contributed by atoms with van der Waals surface area (Å²) < 4.78 is 4.82. The summed E-state index contributed by atoms with van der Waals surface area (Å²) in [6.07, 6.45) is 0. The first-order chi connectivity index (χ1) is 7.09. The van der Waals surface area contributed by atoms with Gasteiger partial charge in [0, 0.05) is 5.92 Å². The predicted molar refractivity (Wildman–Crippen MR) is 58.5 cm³/mol. The predicted octanol–water partition coefficient (Wildman–Crippen LogP) is 2.60. The smallest absolute Gasteiger partial charge is 0.309 e. The average Bonchev–Trinajstić information content (AvgIpc) is 2.82. The summed E-state index contributed by atoms with van der Waals surface area (Å²) in [6, 6.07) is 10.2. The van der Waals surface area contributed by atoms with Crippen LogP contribution >= 0.6 is 0 Å². The van der Waals surface area contributed by atoms with Crippen molar-refractivity contribution in [2.75, 3.05) is 7.11 Å². The maximum atomic E-state index is 11.6. The fraction of sp³-hybridized carbons (Fsp3) is 0.462. The van der Waals surface area contributed by atoms with Crippen LogP contribution in [-0.2, 0) is 9.53 Å². The van der Waals surface area contributed by atoms with Crippen LogP contribution in [0.2, 0.25) is 0 Å². The Hall–Kier alpha value is -1.31. The van der Waals surface area contributed by atoms with Gasteiger partial charge in [0.15, 0.2) is 0 Å². The molecule has 0 spiro atoms. The number of esters is 1. The Balaban J connectivity index is 2.23. The Kier molecular flexibility index (Phi) is 2.29. The molecule has 2 unspecified atom stereocenters. The quantitative estimate of drug-likeness (QED) is 0.692. The van der Waals surface area contributed by atoms with Crippen LogP contribution in [0.4, 0.5) is 0 Å². The van der Waals surface area contributed by atoms with Gasteiger partial charge in [-0.2, -0.15) is 0 Å². The molecule has 0 saturated heterocycles. The second-order valence-corrected chi connectivity index (χ2v) is 4.71. The van der Waals surface area contributed by atoms with E-state index in [1.165, 1.54) is 12.7 Å². The zero-order chi connectivity index (χ0) is 11.1. The minimum absolute atomic E-state index is 0.0184. The molecule has 1 aliphatic rings. The largest absolute Gasteiger partial charge is 0.469 e. The maximum Gasteiger partial charge on any atom is 0.309 e. The van der Waals surface area contributed by atoms with Crippen molar-refractivity contribution in [1.82, 2.24) is 0 Å². The van der Waals surface area contributed by atoms with E-state index in [9.17, 15) is 4.79 Å². The summed E-state index contributed by atoms with van der Waals surface area (Å²) in [5, 5.41) is 0. The van der Waals surface area contributed by atoms with E-state index in [4.69, 9.17) is 4.74 Å². The standard InChI is InChI=1S/C13H16O2/c1-13(2)10(11(13)12(14)15-3)9-7-5-4-6-8-9/h4-8,10-11H,1-3H3. The molecule has 0 N–H and O–H groups in total. The van der Waals surface area contributed by atoms with Crippen LogP contribution in [-0.4, -0.2) is 13.1 Å². The Morgan fingerprint density at radius 2 is 1.87 bits per heavy atom. The van der Waals surface area contributed by atoms with Crippen molar-refractivity contribution in [3.63, 3.8) is 0 Å². The molecule has 2 rings (SSSR count). The van der Waals surface area contributed by atoms with Crippen LogP contribution in [0.25, 0.3) is 0 Å². The highest BCUT2D eigenvalue weighted by Gasteiger charge is 2.62. The highest BCUT2D eigenvalue weighted by atomic mass is 16.5. The van der Waals surface area contributed by atoms with Crippen LogP contribution in [0.15, 0.2) is 30.3 Å². The van der Waals surface area contributed by atoms with Gasteiger partial charge in [0.25, 0.3) is 0 Å². The normalized spacial score (nSPS) is 27.1. The third-order valence-electron chi connectivity index (χ3n) is 3.44. The van der Waals surface area contributed by atoms with Crippen molar-refractivity contribution < 1.29 is 9.53 Å². The molecule has 1 fully saturated rings. The van der Waals surface area contributed by atoms with E-state index in [-0.39, 0.29) is 17.3 Å². The highest BCUT2D eigenvalue weighted by Crippen LogP contribution is 2.64. The van der Waals surface area contributed by atoms with Crippen molar-refractivity contribution in [2.24, 2.45) is 11.3 Å². The van der Waals surface area contributed by atoms with Crippen LogP contribution in [0.5, 0.6) is 0 Å². The van der Waals surface area contributed by atoms with Crippen molar-refractivity contribution in [3.8, 4) is 0 Å². The molecule has 0 amide bonds. The summed E-state index contributed by atoms with van der Waals surface area (Å²) in [4.78, 5) is 11.6. The Bertz CT molecular complexity index is 367. The molecule has 2 nitrogen and oxygen atoms in total. The Labute approximate surface area is 90.3 Å². The van der Waals surface area contributed by atoms with Gasteiger partial charge in [-0.25, -0.2) is 0 Å². The van der Waals surface area contributed by atoms with Gasteiger partial charge in [-0.1, -0.05) is 44.2 Å². The third-order valence-corrected chi connectivity index (χ3v) is 3.44. The van der Waals surface area contributed by atoms with Crippen molar-refractivity contribution >= 4 is 5.97 Å². The minimum atomic E-state index is -0.0890. The van der Waals surface area contributed by atoms with E-state index in [1.54, 1.807) is 0 Å². The number of rotatable bonds is 2. The van der Waals surface area contributed by atoms with Gasteiger partial charge < -0.3 is 4.74 Å². The molecule has 1 aromatic rings. The average molecular weight is 204 g/mol. The number of hydrogen-bond acceptors (Lipinski definition) is 2. The molecule has 2 atom stereocenters. The lowest BCUT2D eigenvalue weighted by Gasteiger charge is -2.01. The lowest BCUT2D eigenvalue weighted by atomic mass is 10.0. The molecule has 1 aromatic carbocycles. The van der Waals surface area contributed by atoms with Gasteiger partial charge in [-0.3, -0.25) is 4.79 Å². The molecule has 80 valence electrons. The topological polar surface area (TPSA) is 26.3 Å². The summed E-state index contributed by atoms with van der Waals surface area (Å²) in [7, 11) is 1.46. The zero-order valence-electron chi connectivity index (χ0n) is 9.36. The van der Waals surface area contributed by atoms with Crippen molar-refractivity contribution in [3.05, 3.63) is 35.9 Å². The first-order valence-corrected chi connectivity index (χ1v) is 5.22. The van der Waals surface area contributed by atoms with Crippen molar-refractivity contribution in [2.45, 2.75) is 19.8 Å². The molecule has 0 aliphatic heterocycles. The van der Waals surface area contributed by atoms with Gasteiger partial charge in [0.2, 0.25) is 0 Å². The van der Waals surface area contributed by atoms with E-state index < -0.39 is 0 Å². The summed E-state index contributed by atoms with van der Waals surface area (Å²) in [6.45, 7) is 4.23. The second kappa shape index (κ2) is 3.37. The van der Waals surface area contributed by atoms with Crippen LogP contribution in [0.3, 0.4) is 0 Å². The molecule has 1 saturated carbocycles. The van der Waals surface area contributed by atoms with Gasteiger partial charge >= 0.3 is 5.97 Å². The monoisotopic (exact) mass is 204 g/mol. The second-order valence-electron chi connectivity index (χ2n) is 4.71. The van der Waals surface area contributed by atoms with Crippen LogP contribution in [0.1, 0.15) is 25.3 Å². The first kappa shape index (κ1) is 10.2. The summed E-state index contributed by atoms with van der Waals surface area (Å²) >= 11 is 0. The van der Waals surface area contributed by atoms with Gasteiger partial charge in [0.05, 0.1) is 13.0 Å². The third kappa shape index (κ3) is 1.54. The number of carbonyl (C=O) groups excluding carboxylic acids is 1. The van der Waals surface area contributed by atoms with Crippen molar-refractivity contribution in [1.29, 1.82) is 0 Å². The van der Waals surface area contributed by atoms with Gasteiger partial charge in [-0.15, -0.1) is 0 Å². The molecule has 2 heteroatoms. The number of benzene rings is 1. The number of hydrogen-bond donors (Lipinski definition) is 0. The number of methoxy groups -OCH3 is 1. The first-order valence-electron chi connectivity index (χ1n) is 5.22. The van der Waals surface area contributed by atoms with E-state index in [1.807, 2.05) is 18.2 Å². The zero-order valence-corrected chi connectivity index (χ0v) is 9.36. The molecule has 15 heavy (non-hydrogen) atoms. The molecule has 0 heterocycles. The molecular weight excluding hydrogens is 188 g/mol. The van der Waals surface area contributed by atoms with Gasteiger partial charge in [-0.05, 0) is 11.0 Å². The Morgan fingerprint density at radius 1 is 1.27 bits per heavy atom. The fourth-order valence-corrected chi connectivity index (χ4v) is 2.49. The molecule has 0 bridgehead atoms. The van der Waals surface area contributed by atoms with Crippen LogP contribution in [0, 0.1) is 11.3 Å². The Morgan fingerprint density at radius 3 is 2.40 bits per heavy atom. The number of ether oxygens (including phenoxy) is 1. The fourth-order valence-electron chi connectivity index (χ4n) is 2.49. The molecule has 0 aromatic heterocycles. The number of carbonyl (C=O) groups is 1. The van der Waals surface area contributed by atoms with E-state index >= 15 is 0 Å². The molecule has 1 aliphatic carbocycles. The summed E-state index contributed by atoms with van der Waals surface area (Å²) in [5.41, 5.74) is 1.27. The minimum Gasteiger partial charge on any atom is -0.469 e. The molecule has 0 radical (unpaired) electrons. The van der Waals surface area contributed by atoms with E-state index in [0.717, 1.165) is 0 Å². The summed E-state index contributed by atoms with van der Waals surface area (Å²) in [5.74, 6) is 0.241. The lowest BCUT2D eigenvalue weighted by molar-refractivity contribution is -0.143. The maximum absolute atomic E-state index is 11.6. The van der Waals surface area contributed by atoms with Gasteiger partial charge in [0.1, 0.15) is 0 Å². The molecular formula is C13H16O2. The SMILES string of the molecule is COC(=O)C1C(c2ccccc2)C1(C)C.